The van der Waals surface area contributed by atoms with E-state index in [4.69, 9.17) is 5.73 Å². The van der Waals surface area contributed by atoms with E-state index in [-0.39, 0.29) is 0 Å². The van der Waals surface area contributed by atoms with Crippen LogP contribution < -0.4 is 5.73 Å². The zero-order chi connectivity index (χ0) is 10.9. The molecule has 0 aliphatic rings. The first-order valence-corrected chi connectivity index (χ1v) is 3.88. The van der Waals surface area contributed by atoms with Crippen LogP contribution in [-0.2, 0) is 0 Å². The molecule has 0 spiro atoms. The fourth-order valence-corrected chi connectivity index (χ4v) is 0.981. The molecule has 2 nitrogen and oxygen atoms in total. The van der Waals surface area contributed by atoms with E-state index in [1.54, 1.807) is 0 Å². The average molecular weight is 203 g/mol. The molecule has 0 fully saturated rings. The molecule has 14 heavy (non-hydrogen) atoms. The van der Waals surface area contributed by atoms with Gasteiger partial charge in [-0.15, -0.1) is 0 Å². The van der Waals surface area contributed by atoms with Crippen LogP contribution in [-0.4, -0.2) is 11.8 Å². The van der Waals surface area contributed by atoms with Crippen molar-refractivity contribution in [1.29, 1.82) is 0 Å². The first-order valence-electron chi connectivity index (χ1n) is 3.88. The van der Waals surface area contributed by atoms with Gasteiger partial charge in [-0.3, -0.25) is 4.79 Å². The van der Waals surface area contributed by atoms with Crippen LogP contribution in [0.2, 0.25) is 0 Å². The molecule has 1 atom stereocenters. The molecule has 1 aromatic rings. The predicted molar refractivity (Wildman–Crippen MR) is 44.3 cm³/mol. The van der Waals surface area contributed by atoms with Gasteiger partial charge < -0.3 is 5.73 Å². The van der Waals surface area contributed by atoms with E-state index in [0.29, 0.717) is 12.1 Å². The van der Waals surface area contributed by atoms with Gasteiger partial charge in [0, 0.05) is 0 Å². The first-order chi connectivity index (χ1) is 6.45. The molecule has 0 aromatic heterocycles. The maximum atomic E-state index is 13.0. The van der Waals surface area contributed by atoms with Crippen LogP contribution in [0.15, 0.2) is 12.1 Å². The van der Waals surface area contributed by atoms with Crippen molar-refractivity contribution < 1.29 is 18.0 Å². The molecule has 0 heterocycles. The Kier molecular flexibility index (Phi) is 2.90. The zero-order valence-corrected chi connectivity index (χ0v) is 7.35. The van der Waals surface area contributed by atoms with Crippen molar-refractivity contribution in [3.05, 3.63) is 35.1 Å². The molecule has 0 amide bonds. The Labute approximate surface area is 78.5 Å². The molecule has 0 radical (unpaired) electrons. The predicted octanol–water partition coefficient (Wildman–Crippen LogP) is 1.63. The quantitative estimate of drug-likeness (QED) is 0.586. The van der Waals surface area contributed by atoms with Crippen molar-refractivity contribution in [1.82, 2.24) is 0 Å². The second-order valence-electron chi connectivity index (χ2n) is 2.87. The second-order valence-corrected chi connectivity index (χ2v) is 2.87. The minimum atomic E-state index is -1.49. The Hall–Kier alpha value is -1.36. The van der Waals surface area contributed by atoms with Crippen molar-refractivity contribution in [2.45, 2.75) is 13.0 Å². The third-order valence-corrected chi connectivity index (χ3v) is 1.70. The minimum Gasteiger partial charge on any atom is -0.321 e. The Morgan fingerprint density at radius 3 is 2.29 bits per heavy atom. The molecule has 0 aliphatic heterocycles. The van der Waals surface area contributed by atoms with Crippen LogP contribution >= 0.6 is 0 Å². The fraction of sp³-hybridized carbons (Fsp3) is 0.222. The monoisotopic (exact) mass is 203 g/mol. The van der Waals surface area contributed by atoms with E-state index in [2.05, 4.69) is 0 Å². The number of halogens is 3. The van der Waals surface area contributed by atoms with Gasteiger partial charge in [0.1, 0.15) is 5.82 Å². The Morgan fingerprint density at radius 1 is 1.29 bits per heavy atom. The summed E-state index contributed by atoms with van der Waals surface area (Å²) in [7, 11) is 0. The highest BCUT2D eigenvalue weighted by Gasteiger charge is 2.22. The summed E-state index contributed by atoms with van der Waals surface area (Å²) in [6.45, 7) is 1.27. The van der Waals surface area contributed by atoms with Gasteiger partial charge in [-0.25, -0.2) is 13.2 Å². The molecule has 5 heteroatoms. The maximum absolute atomic E-state index is 13.0. The molecule has 76 valence electrons. The number of hydrogen-bond acceptors (Lipinski definition) is 2. The van der Waals surface area contributed by atoms with Crippen molar-refractivity contribution in [3.8, 4) is 0 Å². The van der Waals surface area contributed by atoms with E-state index in [0.717, 1.165) is 0 Å². The van der Waals surface area contributed by atoms with Gasteiger partial charge >= 0.3 is 0 Å². The lowest BCUT2D eigenvalue weighted by molar-refractivity contribution is 0.0958. The summed E-state index contributed by atoms with van der Waals surface area (Å²) in [4.78, 5) is 11.2. The van der Waals surface area contributed by atoms with Crippen molar-refractivity contribution in [2.75, 3.05) is 0 Å². The lowest BCUT2D eigenvalue weighted by Gasteiger charge is -2.06. The van der Waals surface area contributed by atoms with E-state index in [1.165, 1.54) is 6.92 Å². The lowest BCUT2D eigenvalue weighted by Crippen LogP contribution is -2.28. The van der Waals surface area contributed by atoms with E-state index >= 15 is 0 Å². The van der Waals surface area contributed by atoms with Crippen molar-refractivity contribution >= 4 is 5.78 Å². The number of Topliss-reactive ketones (excluding diaryl/α,β-unsaturated/α-hetero) is 1. The second kappa shape index (κ2) is 3.79. The molecule has 0 bridgehead atoms. The fourth-order valence-electron chi connectivity index (χ4n) is 0.981. The highest BCUT2D eigenvalue weighted by molar-refractivity contribution is 6.00. The number of rotatable bonds is 2. The topological polar surface area (TPSA) is 43.1 Å². The summed E-state index contributed by atoms with van der Waals surface area (Å²) < 4.78 is 38.6. The number of hydrogen-bond donors (Lipinski definition) is 1. The molecule has 0 saturated carbocycles. The molecular formula is C9H8F3NO. The summed E-state index contributed by atoms with van der Waals surface area (Å²) in [5.41, 5.74) is 4.23. The highest BCUT2D eigenvalue weighted by atomic mass is 19.2. The normalized spacial score (nSPS) is 12.6. The lowest BCUT2D eigenvalue weighted by atomic mass is 10.0. The smallest absolute Gasteiger partial charge is 0.185 e. The molecule has 0 saturated heterocycles. The van der Waals surface area contributed by atoms with E-state index in [9.17, 15) is 18.0 Å². The van der Waals surface area contributed by atoms with Crippen LogP contribution in [0.3, 0.4) is 0 Å². The number of nitrogens with two attached hydrogens (primary N) is 1. The standard InChI is InChI=1S/C9H8F3NO/c1-4(13)9(14)7-5(10)2-3-6(11)8(7)12/h2-4H,13H2,1H3. The van der Waals surface area contributed by atoms with Gasteiger partial charge in [0.25, 0.3) is 0 Å². The molecule has 1 aromatic carbocycles. The SMILES string of the molecule is CC(N)C(=O)c1c(F)ccc(F)c1F. The van der Waals surface area contributed by atoms with Crippen LogP contribution in [0.5, 0.6) is 0 Å². The third-order valence-electron chi connectivity index (χ3n) is 1.70. The van der Waals surface area contributed by atoms with Gasteiger partial charge in [-0.1, -0.05) is 0 Å². The van der Waals surface area contributed by atoms with Gasteiger partial charge in [-0.2, -0.15) is 0 Å². The Morgan fingerprint density at radius 2 is 1.79 bits per heavy atom. The average Bonchev–Trinajstić information content (AvgIpc) is 2.12. The summed E-state index contributed by atoms with van der Waals surface area (Å²) in [5, 5.41) is 0. The van der Waals surface area contributed by atoms with Crippen LogP contribution in [0.25, 0.3) is 0 Å². The highest BCUT2D eigenvalue weighted by Crippen LogP contribution is 2.17. The van der Waals surface area contributed by atoms with Gasteiger partial charge in [0.05, 0.1) is 11.6 Å². The van der Waals surface area contributed by atoms with E-state index < -0.39 is 34.8 Å². The van der Waals surface area contributed by atoms with Gasteiger partial charge in [-0.05, 0) is 19.1 Å². The van der Waals surface area contributed by atoms with Crippen LogP contribution in [0, 0.1) is 17.5 Å². The maximum Gasteiger partial charge on any atom is 0.185 e. The summed E-state index contributed by atoms with van der Waals surface area (Å²) in [6, 6.07) is 0.234. The Balaban J connectivity index is 3.33. The number of carbonyl (C=O) groups is 1. The molecule has 2 N–H and O–H groups in total. The molecular weight excluding hydrogens is 195 g/mol. The number of benzene rings is 1. The van der Waals surface area contributed by atoms with Gasteiger partial charge in [0.2, 0.25) is 0 Å². The van der Waals surface area contributed by atoms with Crippen LogP contribution in [0.1, 0.15) is 17.3 Å². The molecule has 0 aliphatic carbocycles. The van der Waals surface area contributed by atoms with Crippen molar-refractivity contribution in [2.24, 2.45) is 5.73 Å². The number of ketones is 1. The summed E-state index contributed by atoms with van der Waals surface area (Å²) >= 11 is 0. The third kappa shape index (κ3) is 1.77. The zero-order valence-electron chi connectivity index (χ0n) is 7.35. The first kappa shape index (κ1) is 10.7. The molecule has 1 rings (SSSR count). The van der Waals surface area contributed by atoms with E-state index in [1.807, 2.05) is 0 Å². The number of carbonyl (C=O) groups excluding carboxylic acids is 1. The largest absolute Gasteiger partial charge is 0.321 e. The summed E-state index contributed by atoms with van der Waals surface area (Å²) in [5.74, 6) is -4.83. The Bertz CT molecular complexity index is 377. The van der Waals surface area contributed by atoms with Crippen LogP contribution in [0.4, 0.5) is 13.2 Å². The summed E-state index contributed by atoms with van der Waals surface area (Å²) in [6.07, 6.45) is 0. The molecule has 1 unspecified atom stereocenters. The van der Waals surface area contributed by atoms with Gasteiger partial charge in [0.15, 0.2) is 17.4 Å². The minimum absolute atomic E-state index is 0.614. The van der Waals surface area contributed by atoms with Crippen molar-refractivity contribution in [3.63, 3.8) is 0 Å².